The average molecular weight is 425 g/mol. The van der Waals surface area contributed by atoms with Gasteiger partial charge in [-0.25, -0.2) is 4.79 Å². The minimum absolute atomic E-state index is 0.212. The number of aryl methyl sites for hydroxylation is 1. The van der Waals surface area contributed by atoms with E-state index in [1.165, 1.54) is 17.5 Å². The van der Waals surface area contributed by atoms with E-state index in [4.69, 9.17) is 4.74 Å². The Balaban J connectivity index is 2.16. The summed E-state index contributed by atoms with van der Waals surface area (Å²) in [5.74, 6) is -1.07. The molecule has 0 spiro atoms. The molecule has 3 N–H and O–H groups in total. The Morgan fingerprint density at radius 2 is 1.96 bits per heavy atom. The molecule has 2 amide bonds. The monoisotopic (exact) mass is 424 g/mol. The number of quaternary nitrogens is 1. The van der Waals surface area contributed by atoms with Crippen LogP contribution >= 0.6 is 22.7 Å². The maximum absolute atomic E-state index is 12.6. The van der Waals surface area contributed by atoms with E-state index in [2.05, 4.69) is 23.6 Å². The number of hydrogen-bond acceptors (Lipinski definition) is 6. The second-order valence-corrected chi connectivity index (χ2v) is 8.47. The minimum atomic E-state index is -0.545. The molecule has 0 aliphatic carbocycles. The van der Waals surface area contributed by atoms with Gasteiger partial charge in [-0.05, 0) is 43.3 Å². The third-order valence-corrected chi connectivity index (χ3v) is 6.43. The summed E-state index contributed by atoms with van der Waals surface area (Å²) in [7, 11) is 3.47. The molecule has 0 aromatic carbocycles. The zero-order chi connectivity index (χ0) is 20.8. The maximum atomic E-state index is 12.6. The average Bonchev–Trinajstić information content (AvgIpc) is 3.17. The quantitative estimate of drug-likeness (QED) is 0.562. The molecule has 7 nitrogen and oxygen atoms in total. The van der Waals surface area contributed by atoms with Gasteiger partial charge in [0.15, 0.2) is 6.54 Å². The first-order chi connectivity index (χ1) is 13.3. The van der Waals surface area contributed by atoms with Crippen molar-refractivity contribution in [2.24, 2.45) is 0 Å². The highest BCUT2D eigenvalue weighted by Gasteiger charge is 2.26. The number of esters is 1. The van der Waals surface area contributed by atoms with E-state index in [1.54, 1.807) is 25.2 Å². The van der Waals surface area contributed by atoms with Crippen LogP contribution in [0.5, 0.6) is 0 Å². The molecule has 2 rings (SSSR count). The van der Waals surface area contributed by atoms with Crippen molar-refractivity contribution in [3.63, 3.8) is 0 Å². The van der Waals surface area contributed by atoms with Gasteiger partial charge >= 0.3 is 5.97 Å². The summed E-state index contributed by atoms with van der Waals surface area (Å²) in [6.07, 6.45) is 0. The molecule has 0 saturated heterocycles. The fraction of sp³-hybridized carbons (Fsp3) is 0.421. The Labute approximate surface area is 172 Å². The van der Waals surface area contributed by atoms with E-state index in [1.807, 2.05) is 12.4 Å². The molecule has 2 aromatic rings. The van der Waals surface area contributed by atoms with Crippen LogP contribution in [0.15, 0.2) is 11.4 Å². The van der Waals surface area contributed by atoms with Crippen LogP contribution in [0, 0.1) is 13.8 Å². The molecule has 1 atom stereocenters. The fourth-order valence-corrected chi connectivity index (χ4v) is 4.92. The molecular weight excluding hydrogens is 398 g/mol. The van der Waals surface area contributed by atoms with Crippen molar-refractivity contribution in [3.8, 4) is 0 Å². The van der Waals surface area contributed by atoms with Crippen LogP contribution in [0.2, 0.25) is 0 Å². The van der Waals surface area contributed by atoms with Crippen LogP contribution in [0.25, 0.3) is 0 Å². The van der Waals surface area contributed by atoms with Crippen molar-refractivity contribution in [1.82, 2.24) is 5.32 Å². The molecule has 2 heterocycles. The molecule has 0 saturated carbocycles. The first kappa shape index (κ1) is 22.1. The lowest BCUT2D eigenvalue weighted by atomic mass is 10.1. The highest BCUT2D eigenvalue weighted by Crippen LogP contribution is 2.33. The first-order valence-corrected chi connectivity index (χ1v) is 10.6. The highest BCUT2D eigenvalue weighted by atomic mass is 32.1. The molecule has 1 unspecified atom stereocenters. The van der Waals surface area contributed by atoms with E-state index in [0.717, 1.165) is 22.8 Å². The summed E-state index contributed by atoms with van der Waals surface area (Å²) in [6, 6.07) is 2.06. The Kier molecular flexibility index (Phi) is 7.73. The number of anilines is 1. The van der Waals surface area contributed by atoms with Gasteiger partial charge in [0.25, 0.3) is 11.8 Å². The van der Waals surface area contributed by atoms with Crippen LogP contribution in [0.4, 0.5) is 5.00 Å². The zero-order valence-corrected chi connectivity index (χ0v) is 18.4. The van der Waals surface area contributed by atoms with Crippen LogP contribution in [0.3, 0.4) is 0 Å². The van der Waals surface area contributed by atoms with Crippen LogP contribution in [0.1, 0.15) is 43.0 Å². The number of carbonyl (C=O) groups is 3. The molecule has 152 valence electrons. The lowest BCUT2D eigenvalue weighted by Gasteiger charge is -2.13. The van der Waals surface area contributed by atoms with Crippen molar-refractivity contribution >= 4 is 45.5 Å². The van der Waals surface area contributed by atoms with Gasteiger partial charge in [0, 0.05) is 7.05 Å². The van der Waals surface area contributed by atoms with Gasteiger partial charge in [-0.15, -0.1) is 22.7 Å². The maximum Gasteiger partial charge on any atom is 0.341 e. The van der Waals surface area contributed by atoms with E-state index in [0.29, 0.717) is 15.4 Å². The Bertz CT molecular complexity index is 873. The molecule has 0 aliphatic rings. The molecule has 0 aliphatic heterocycles. The van der Waals surface area contributed by atoms with Crippen molar-refractivity contribution < 1.29 is 24.0 Å². The molecular formula is C19H26N3O4S2+. The molecule has 0 fully saturated rings. The standard InChI is InChI=1S/C19H25N3O4S2/c1-6-26-19(25)15-12(3)16(17(24)20-4)28-18(15)21-14(23)10-22(5)9-13-11(2)7-8-27-13/h7-8H,6,9-10H2,1-5H3,(H,20,24)(H,21,23)/p+1. The van der Waals surface area contributed by atoms with Gasteiger partial charge in [0.1, 0.15) is 11.5 Å². The van der Waals surface area contributed by atoms with Crippen molar-refractivity contribution in [1.29, 1.82) is 0 Å². The molecule has 2 aromatic heterocycles. The summed E-state index contributed by atoms with van der Waals surface area (Å²) < 4.78 is 5.10. The molecule has 28 heavy (non-hydrogen) atoms. The zero-order valence-electron chi connectivity index (χ0n) is 16.7. The van der Waals surface area contributed by atoms with Gasteiger partial charge in [0.2, 0.25) is 0 Å². The Morgan fingerprint density at radius 3 is 2.54 bits per heavy atom. The Morgan fingerprint density at radius 1 is 1.25 bits per heavy atom. The van der Waals surface area contributed by atoms with E-state index in [-0.39, 0.29) is 30.5 Å². The number of carbonyl (C=O) groups excluding carboxylic acids is 3. The SMILES string of the molecule is CCOC(=O)c1c(NC(=O)C[NH+](C)Cc2sccc2C)sc(C(=O)NC)c1C. The lowest BCUT2D eigenvalue weighted by molar-refractivity contribution is -0.884. The number of nitrogens with one attached hydrogen (secondary N) is 3. The topological polar surface area (TPSA) is 88.9 Å². The molecule has 9 heteroatoms. The first-order valence-electron chi connectivity index (χ1n) is 8.95. The van der Waals surface area contributed by atoms with E-state index in [9.17, 15) is 14.4 Å². The normalized spacial score (nSPS) is 11.8. The number of hydrogen-bond donors (Lipinski definition) is 3. The second kappa shape index (κ2) is 9.81. The summed E-state index contributed by atoms with van der Waals surface area (Å²) in [5, 5.41) is 7.74. The Hall–Kier alpha value is -2.23. The summed E-state index contributed by atoms with van der Waals surface area (Å²) in [5.41, 5.74) is 1.97. The van der Waals surface area contributed by atoms with E-state index < -0.39 is 5.97 Å². The predicted octanol–water partition coefficient (Wildman–Crippen LogP) is 1.62. The largest absolute Gasteiger partial charge is 0.462 e. The number of rotatable bonds is 8. The van der Waals surface area contributed by atoms with Gasteiger partial charge in [-0.3, -0.25) is 9.59 Å². The third kappa shape index (κ3) is 5.18. The van der Waals surface area contributed by atoms with Gasteiger partial charge in [-0.2, -0.15) is 0 Å². The van der Waals surface area contributed by atoms with Crippen LogP contribution in [-0.2, 0) is 16.1 Å². The predicted molar refractivity (Wildman–Crippen MR) is 112 cm³/mol. The smallest absolute Gasteiger partial charge is 0.341 e. The fourth-order valence-electron chi connectivity index (χ4n) is 2.75. The summed E-state index contributed by atoms with van der Waals surface area (Å²) in [6.45, 7) is 6.65. The van der Waals surface area contributed by atoms with Gasteiger partial charge < -0.3 is 20.3 Å². The molecule has 0 radical (unpaired) electrons. The summed E-state index contributed by atoms with van der Waals surface area (Å²) in [4.78, 5) is 39.7. The minimum Gasteiger partial charge on any atom is -0.462 e. The van der Waals surface area contributed by atoms with Crippen molar-refractivity contribution in [3.05, 3.63) is 37.9 Å². The highest BCUT2D eigenvalue weighted by molar-refractivity contribution is 7.18. The van der Waals surface area contributed by atoms with Gasteiger partial charge in [0.05, 0.1) is 29.0 Å². The second-order valence-electron chi connectivity index (χ2n) is 6.45. The molecule has 0 bridgehead atoms. The number of thiophene rings is 2. The van der Waals surface area contributed by atoms with Crippen LogP contribution in [-0.4, -0.2) is 45.0 Å². The van der Waals surface area contributed by atoms with E-state index >= 15 is 0 Å². The third-order valence-electron chi connectivity index (χ3n) is 4.21. The number of likely N-dealkylation sites (N-methyl/N-ethyl adjacent to an activating group) is 1. The van der Waals surface area contributed by atoms with Crippen molar-refractivity contribution in [2.45, 2.75) is 27.3 Å². The lowest BCUT2D eigenvalue weighted by Crippen LogP contribution is -3.08. The number of amides is 2. The van der Waals surface area contributed by atoms with Gasteiger partial charge in [-0.1, -0.05) is 0 Å². The van der Waals surface area contributed by atoms with Crippen molar-refractivity contribution in [2.75, 3.05) is 32.6 Å². The summed E-state index contributed by atoms with van der Waals surface area (Å²) >= 11 is 2.76. The van der Waals surface area contributed by atoms with Crippen LogP contribution < -0.4 is 15.5 Å². The number of ether oxygens (including phenoxy) is 1.